The molecule has 5 heteroatoms. The molecular weight excluding hydrogens is 289 g/mol. The van der Waals surface area contributed by atoms with Crippen LogP contribution < -0.4 is 5.32 Å². The second-order valence-corrected chi connectivity index (χ2v) is 8.84. The summed E-state index contributed by atoms with van der Waals surface area (Å²) in [5.41, 5.74) is 2.06. The second-order valence-electron chi connectivity index (χ2n) is 6.24. The van der Waals surface area contributed by atoms with Crippen LogP contribution in [-0.4, -0.2) is 26.0 Å². The molecule has 0 aromatic heterocycles. The summed E-state index contributed by atoms with van der Waals surface area (Å²) >= 11 is 0. The van der Waals surface area contributed by atoms with E-state index in [1.165, 1.54) is 12.3 Å². The standard InChI is InChI=1S/C16H26FNO2S/c1-7-8-18-15(16(4,5)21(6,19)20)14-12(3)9-11(2)10-13(14)17/h9-10,15,18H,7-8H2,1-6H3. The van der Waals surface area contributed by atoms with Crippen molar-refractivity contribution in [2.45, 2.75) is 51.8 Å². The van der Waals surface area contributed by atoms with Crippen LogP contribution in [-0.2, 0) is 9.84 Å². The Balaban J connectivity index is 3.47. The molecule has 0 aliphatic rings. The van der Waals surface area contributed by atoms with Crippen LogP contribution in [0.15, 0.2) is 12.1 Å². The molecule has 0 amide bonds. The average Bonchev–Trinajstić information content (AvgIpc) is 2.30. The number of sulfone groups is 1. The van der Waals surface area contributed by atoms with Gasteiger partial charge in [-0.05, 0) is 57.9 Å². The van der Waals surface area contributed by atoms with Gasteiger partial charge in [-0.1, -0.05) is 13.0 Å². The Morgan fingerprint density at radius 3 is 2.29 bits per heavy atom. The Labute approximate surface area is 127 Å². The molecule has 0 aliphatic heterocycles. The summed E-state index contributed by atoms with van der Waals surface area (Å²) < 4.78 is 37.7. The lowest BCUT2D eigenvalue weighted by atomic mass is 9.90. The van der Waals surface area contributed by atoms with Crippen LogP contribution in [0.2, 0.25) is 0 Å². The Kier molecular flexibility index (Phi) is 5.56. The highest BCUT2D eigenvalue weighted by molar-refractivity contribution is 7.92. The van der Waals surface area contributed by atoms with Gasteiger partial charge >= 0.3 is 0 Å². The lowest BCUT2D eigenvalue weighted by Gasteiger charge is -2.35. The fraction of sp³-hybridized carbons (Fsp3) is 0.625. The number of hydrogen-bond acceptors (Lipinski definition) is 3. The molecule has 1 aromatic rings. The zero-order valence-electron chi connectivity index (χ0n) is 13.7. The number of halogens is 1. The predicted octanol–water partition coefficient (Wildman–Crippen LogP) is 3.31. The Morgan fingerprint density at radius 1 is 1.29 bits per heavy atom. The van der Waals surface area contributed by atoms with Gasteiger partial charge in [0.2, 0.25) is 0 Å². The quantitative estimate of drug-likeness (QED) is 0.876. The molecule has 1 rings (SSSR count). The maximum absolute atomic E-state index is 14.5. The van der Waals surface area contributed by atoms with E-state index in [0.29, 0.717) is 12.1 Å². The summed E-state index contributed by atoms with van der Waals surface area (Å²) in [4.78, 5) is 0. The summed E-state index contributed by atoms with van der Waals surface area (Å²) in [7, 11) is -3.35. The lowest BCUT2D eigenvalue weighted by molar-refractivity contribution is 0.405. The van der Waals surface area contributed by atoms with Gasteiger partial charge in [0.05, 0.1) is 10.8 Å². The van der Waals surface area contributed by atoms with E-state index in [0.717, 1.165) is 17.5 Å². The number of benzene rings is 1. The van der Waals surface area contributed by atoms with Crippen molar-refractivity contribution < 1.29 is 12.8 Å². The maximum Gasteiger partial charge on any atom is 0.154 e. The SMILES string of the molecule is CCCNC(c1c(C)cc(C)cc1F)C(C)(C)S(C)(=O)=O. The van der Waals surface area contributed by atoms with Crippen LogP contribution in [0.1, 0.15) is 49.9 Å². The first kappa shape index (κ1) is 18.1. The monoisotopic (exact) mass is 315 g/mol. The third kappa shape index (κ3) is 3.83. The molecule has 0 spiro atoms. The molecule has 1 N–H and O–H groups in total. The summed E-state index contributed by atoms with van der Waals surface area (Å²) in [6, 6.07) is 2.77. The second kappa shape index (κ2) is 6.44. The smallest absolute Gasteiger partial charge is 0.154 e. The van der Waals surface area contributed by atoms with E-state index in [4.69, 9.17) is 0 Å². The normalized spacial score (nSPS) is 14.2. The van der Waals surface area contributed by atoms with Crippen molar-refractivity contribution in [3.8, 4) is 0 Å². The summed E-state index contributed by atoms with van der Waals surface area (Å²) in [6.45, 7) is 9.58. The van der Waals surface area contributed by atoms with Crippen LogP contribution in [0, 0.1) is 19.7 Å². The van der Waals surface area contributed by atoms with E-state index in [1.807, 2.05) is 26.8 Å². The minimum absolute atomic E-state index is 0.349. The first-order valence-corrected chi connectivity index (χ1v) is 9.11. The van der Waals surface area contributed by atoms with Crippen molar-refractivity contribution in [2.75, 3.05) is 12.8 Å². The number of hydrogen-bond donors (Lipinski definition) is 1. The van der Waals surface area contributed by atoms with E-state index in [9.17, 15) is 12.8 Å². The van der Waals surface area contributed by atoms with E-state index >= 15 is 0 Å². The molecule has 0 saturated heterocycles. The van der Waals surface area contributed by atoms with Crippen molar-refractivity contribution in [1.82, 2.24) is 5.32 Å². The summed E-state index contributed by atoms with van der Waals surface area (Å²) in [5, 5.41) is 3.21. The van der Waals surface area contributed by atoms with Gasteiger partial charge in [0.1, 0.15) is 5.82 Å². The highest BCUT2D eigenvalue weighted by Crippen LogP contribution is 2.35. The Morgan fingerprint density at radius 2 is 1.86 bits per heavy atom. The minimum Gasteiger partial charge on any atom is -0.309 e. The molecule has 0 heterocycles. The van der Waals surface area contributed by atoms with Gasteiger partial charge in [0.25, 0.3) is 0 Å². The molecule has 120 valence electrons. The van der Waals surface area contributed by atoms with Crippen molar-refractivity contribution in [2.24, 2.45) is 0 Å². The molecule has 0 fully saturated rings. The predicted molar refractivity (Wildman–Crippen MR) is 85.8 cm³/mol. The third-order valence-electron chi connectivity index (χ3n) is 4.02. The maximum atomic E-state index is 14.5. The van der Waals surface area contributed by atoms with Gasteiger partial charge in [-0.2, -0.15) is 0 Å². The van der Waals surface area contributed by atoms with E-state index in [-0.39, 0.29) is 5.82 Å². The van der Waals surface area contributed by atoms with Crippen LogP contribution in [0.4, 0.5) is 4.39 Å². The largest absolute Gasteiger partial charge is 0.309 e. The molecule has 0 radical (unpaired) electrons. The van der Waals surface area contributed by atoms with Crippen molar-refractivity contribution in [3.63, 3.8) is 0 Å². The Bertz CT molecular complexity index is 586. The molecule has 0 bridgehead atoms. The molecular formula is C16H26FNO2S. The van der Waals surface area contributed by atoms with Crippen LogP contribution in [0.5, 0.6) is 0 Å². The van der Waals surface area contributed by atoms with E-state index in [1.54, 1.807) is 13.8 Å². The highest BCUT2D eigenvalue weighted by atomic mass is 32.2. The van der Waals surface area contributed by atoms with E-state index < -0.39 is 20.6 Å². The van der Waals surface area contributed by atoms with Crippen molar-refractivity contribution >= 4 is 9.84 Å². The van der Waals surface area contributed by atoms with Gasteiger partial charge in [0.15, 0.2) is 9.84 Å². The zero-order valence-corrected chi connectivity index (χ0v) is 14.6. The van der Waals surface area contributed by atoms with Gasteiger partial charge < -0.3 is 5.32 Å². The van der Waals surface area contributed by atoms with Crippen molar-refractivity contribution in [1.29, 1.82) is 0 Å². The summed E-state index contributed by atoms with van der Waals surface area (Å²) in [6.07, 6.45) is 2.05. The fourth-order valence-electron chi connectivity index (χ4n) is 2.49. The molecule has 0 aliphatic carbocycles. The topological polar surface area (TPSA) is 46.2 Å². The van der Waals surface area contributed by atoms with Crippen LogP contribution in [0.25, 0.3) is 0 Å². The lowest BCUT2D eigenvalue weighted by Crippen LogP contribution is -2.46. The fourth-order valence-corrected chi connectivity index (χ4v) is 3.12. The van der Waals surface area contributed by atoms with Crippen molar-refractivity contribution in [3.05, 3.63) is 34.6 Å². The average molecular weight is 315 g/mol. The number of aryl methyl sites for hydroxylation is 2. The highest BCUT2D eigenvalue weighted by Gasteiger charge is 2.41. The van der Waals surface area contributed by atoms with Crippen LogP contribution >= 0.6 is 0 Å². The molecule has 21 heavy (non-hydrogen) atoms. The summed E-state index contributed by atoms with van der Waals surface area (Å²) in [5.74, 6) is -0.349. The molecule has 1 aromatic carbocycles. The molecule has 0 saturated carbocycles. The first-order chi connectivity index (χ1) is 9.52. The van der Waals surface area contributed by atoms with Crippen LogP contribution in [0.3, 0.4) is 0 Å². The molecule has 3 nitrogen and oxygen atoms in total. The number of rotatable bonds is 6. The third-order valence-corrected chi connectivity index (χ3v) is 6.17. The first-order valence-electron chi connectivity index (χ1n) is 7.22. The molecule has 1 unspecified atom stereocenters. The number of nitrogens with one attached hydrogen (secondary N) is 1. The zero-order chi connectivity index (χ0) is 16.4. The van der Waals surface area contributed by atoms with Gasteiger partial charge in [-0.25, -0.2) is 12.8 Å². The minimum atomic E-state index is -3.35. The molecule has 1 atom stereocenters. The Hall–Kier alpha value is -0.940. The van der Waals surface area contributed by atoms with E-state index in [2.05, 4.69) is 5.32 Å². The van der Waals surface area contributed by atoms with Gasteiger partial charge in [-0.15, -0.1) is 0 Å². The van der Waals surface area contributed by atoms with Gasteiger partial charge in [0, 0.05) is 11.8 Å². The van der Waals surface area contributed by atoms with Gasteiger partial charge in [-0.3, -0.25) is 0 Å².